The Kier molecular flexibility index (Phi) is 10.8. The second kappa shape index (κ2) is 12.8. The van der Waals surface area contributed by atoms with Gasteiger partial charge in [-0.15, -0.1) is 6.58 Å². The van der Waals surface area contributed by atoms with E-state index in [1.54, 1.807) is 19.3 Å². The third-order valence-electron chi connectivity index (χ3n) is 4.65. The molecule has 3 N–H and O–H groups in total. The van der Waals surface area contributed by atoms with E-state index in [0.717, 1.165) is 5.56 Å². The van der Waals surface area contributed by atoms with Crippen molar-refractivity contribution < 1.29 is 24.3 Å². The number of esters is 1. The average Bonchev–Trinajstić information content (AvgIpc) is 2.69. The Labute approximate surface area is 178 Å². The Morgan fingerprint density at radius 1 is 1.07 bits per heavy atom. The van der Waals surface area contributed by atoms with E-state index < -0.39 is 35.7 Å². The van der Waals surface area contributed by atoms with Gasteiger partial charge in [-0.2, -0.15) is 0 Å². The predicted molar refractivity (Wildman–Crippen MR) is 114 cm³/mol. The molecule has 0 radical (unpaired) electrons. The van der Waals surface area contributed by atoms with E-state index >= 15 is 0 Å². The normalized spacial score (nSPS) is 14.0. The SMILES string of the molecule is C=CC[C@H](C(=O)NO)[C@@H](CC(C)C)C(=O)NC(Cc1ccccc1)C(=O)OC(C)C. The predicted octanol–water partition coefficient (Wildman–Crippen LogP) is 3.03. The summed E-state index contributed by atoms with van der Waals surface area (Å²) < 4.78 is 5.33. The lowest BCUT2D eigenvalue weighted by molar-refractivity contribution is -0.152. The fourth-order valence-electron chi connectivity index (χ4n) is 3.31. The molecule has 1 aromatic carbocycles. The maximum atomic E-state index is 13.2. The molecule has 0 saturated heterocycles. The van der Waals surface area contributed by atoms with Gasteiger partial charge in [-0.1, -0.05) is 50.3 Å². The Morgan fingerprint density at radius 2 is 1.70 bits per heavy atom. The monoisotopic (exact) mass is 418 g/mol. The van der Waals surface area contributed by atoms with Crippen LogP contribution in [0.25, 0.3) is 0 Å². The number of nitrogens with one attached hydrogen (secondary N) is 2. The van der Waals surface area contributed by atoms with Crippen LogP contribution in [0, 0.1) is 17.8 Å². The third kappa shape index (κ3) is 8.37. The minimum absolute atomic E-state index is 0.120. The topological polar surface area (TPSA) is 105 Å². The van der Waals surface area contributed by atoms with E-state index in [0.29, 0.717) is 6.42 Å². The number of ether oxygens (including phenoxy) is 1. The number of benzene rings is 1. The van der Waals surface area contributed by atoms with Gasteiger partial charge in [0, 0.05) is 6.42 Å². The highest BCUT2D eigenvalue weighted by molar-refractivity contribution is 5.90. The van der Waals surface area contributed by atoms with Crippen molar-refractivity contribution in [3.63, 3.8) is 0 Å². The molecule has 0 heterocycles. The molecule has 0 aromatic heterocycles. The summed E-state index contributed by atoms with van der Waals surface area (Å²) in [7, 11) is 0. The van der Waals surface area contributed by atoms with Crippen LogP contribution in [0.4, 0.5) is 0 Å². The molecule has 0 saturated carbocycles. The number of hydrogen-bond donors (Lipinski definition) is 3. The summed E-state index contributed by atoms with van der Waals surface area (Å²) >= 11 is 0. The maximum absolute atomic E-state index is 13.2. The fourth-order valence-corrected chi connectivity index (χ4v) is 3.31. The number of rotatable bonds is 12. The molecule has 7 heteroatoms. The van der Waals surface area contributed by atoms with E-state index in [4.69, 9.17) is 9.94 Å². The van der Waals surface area contributed by atoms with Gasteiger partial charge in [0.15, 0.2) is 0 Å². The molecule has 0 aliphatic carbocycles. The average molecular weight is 419 g/mol. The molecule has 7 nitrogen and oxygen atoms in total. The zero-order valence-electron chi connectivity index (χ0n) is 18.3. The molecule has 0 fully saturated rings. The quantitative estimate of drug-likeness (QED) is 0.209. The summed E-state index contributed by atoms with van der Waals surface area (Å²) in [5.41, 5.74) is 2.52. The van der Waals surface area contributed by atoms with Crippen LogP contribution < -0.4 is 10.8 Å². The van der Waals surface area contributed by atoms with Gasteiger partial charge >= 0.3 is 5.97 Å². The van der Waals surface area contributed by atoms with Gasteiger partial charge in [0.05, 0.1) is 17.9 Å². The van der Waals surface area contributed by atoms with Gasteiger partial charge in [0.2, 0.25) is 11.8 Å². The second-order valence-corrected chi connectivity index (χ2v) is 8.08. The van der Waals surface area contributed by atoms with Crippen LogP contribution in [0.1, 0.15) is 46.1 Å². The van der Waals surface area contributed by atoms with Crippen LogP contribution in [0.5, 0.6) is 0 Å². The van der Waals surface area contributed by atoms with Gasteiger partial charge in [-0.05, 0) is 38.2 Å². The molecule has 1 unspecified atom stereocenters. The Bertz CT molecular complexity index is 703. The van der Waals surface area contributed by atoms with E-state index in [2.05, 4.69) is 11.9 Å². The highest BCUT2D eigenvalue weighted by Crippen LogP contribution is 2.25. The highest BCUT2D eigenvalue weighted by atomic mass is 16.5. The summed E-state index contributed by atoms with van der Waals surface area (Å²) in [5.74, 6) is -3.03. The smallest absolute Gasteiger partial charge is 0.329 e. The van der Waals surface area contributed by atoms with Crippen molar-refractivity contribution in [1.29, 1.82) is 0 Å². The van der Waals surface area contributed by atoms with E-state index in [-0.39, 0.29) is 24.9 Å². The highest BCUT2D eigenvalue weighted by Gasteiger charge is 2.35. The first-order valence-electron chi connectivity index (χ1n) is 10.3. The first-order valence-corrected chi connectivity index (χ1v) is 10.3. The molecule has 30 heavy (non-hydrogen) atoms. The van der Waals surface area contributed by atoms with Crippen LogP contribution >= 0.6 is 0 Å². The minimum atomic E-state index is -0.890. The number of allylic oxidation sites excluding steroid dienone is 1. The van der Waals surface area contributed by atoms with Gasteiger partial charge in [-0.3, -0.25) is 14.8 Å². The molecular weight excluding hydrogens is 384 g/mol. The lowest BCUT2D eigenvalue weighted by Crippen LogP contribution is -2.49. The molecule has 0 spiro atoms. The summed E-state index contributed by atoms with van der Waals surface area (Å²) in [6.45, 7) is 11.0. The lowest BCUT2D eigenvalue weighted by atomic mass is 9.82. The molecular formula is C23H34N2O5. The van der Waals surface area contributed by atoms with Crippen molar-refractivity contribution >= 4 is 17.8 Å². The van der Waals surface area contributed by atoms with Gasteiger partial charge in [0.1, 0.15) is 6.04 Å². The summed E-state index contributed by atoms with van der Waals surface area (Å²) in [4.78, 5) is 38.0. The van der Waals surface area contributed by atoms with Gasteiger partial charge in [-0.25, -0.2) is 10.3 Å². The van der Waals surface area contributed by atoms with E-state index in [1.807, 2.05) is 44.2 Å². The van der Waals surface area contributed by atoms with Crippen LogP contribution in [-0.2, 0) is 25.5 Å². The molecule has 166 valence electrons. The molecule has 0 aliphatic rings. The van der Waals surface area contributed by atoms with Crippen molar-refractivity contribution in [3.8, 4) is 0 Å². The van der Waals surface area contributed by atoms with Crippen LogP contribution in [0.3, 0.4) is 0 Å². The summed E-state index contributed by atoms with van der Waals surface area (Å²) in [5, 5.41) is 11.9. The van der Waals surface area contributed by atoms with Gasteiger partial charge in [0.25, 0.3) is 0 Å². The molecule has 2 amide bonds. The third-order valence-corrected chi connectivity index (χ3v) is 4.65. The van der Waals surface area contributed by atoms with Crippen LogP contribution in [-0.4, -0.2) is 35.1 Å². The van der Waals surface area contributed by atoms with Crippen molar-refractivity contribution in [2.24, 2.45) is 17.8 Å². The Morgan fingerprint density at radius 3 is 2.20 bits per heavy atom. The Hall–Kier alpha value is -2.67. The van der Waals surface area contributed by atoms with Crippen molar-refractivity contribution in [3.05, 3.63) is 48.6 Å². The fraction of sp³-hybridized carbons (Fsp3) is 0.522. The number of hydrogen-bond acceptors (Lipinski definition) is 5. The maximum Gasteiger partial charge on any atom is 0.329 e. The number of amides is 2. The molecule has 1 aromatic rings. The van der Waals surface area contributed by atoms with Crippen LogP contribution in [0.15, 0.2) is 43.0 Å². The zero-order valence-corrected chi connectivity index (χ0v) is 18.3. The lowest BCUT2D eigenvalue weighted by Gasteiger charge is -2.28. The minimum Gasteiger partial charge on any atom is -0.461 e. The van der Waals surface area contributed by atoms with E-state index in [9.17, 15) is 14.4 Å². The van der Waals surface area contributed by atoms with E-state index in [1.165, 1.54) is 6.08 Å². The van der Waals surface area contributed by atoms with Crippen molar-refractivity contribution in [2.75, 3.05) is 0 Å². The zero-order chi connectivity index (χ0) is 22.7. The molecule has 3 atom stereocenters. The number of carbonyl (C=O) groups is 3. The first kappa shape index (κ1) is 25.4. The Balaban J connectivity index is 3.13. The van der Waals surface area contributed by atoms with Gasteiger partial charge < -0.3 is 10.1 Å². The van der Waals surface area contributed by atoms with Crippen molar-refractivity contribution in [1.82, 2.24) is 10.8 Å². The van der Waals surface area contributed by atoms with Crippen molar-refractivity contribution in [2.45, 2.75) is 59.1 Å². The second-order valence-electron chi connectivity index (χ2n) is 8.08. The number of hydroxylamine groups is 1. The summed E-state index contributed by atoms with van der Waals surface area (Å²) in [6, 6.07) is 8.43. The molecule has 0 bridgehead atoms. The number of carbonyl (C=O) groups excluding carboxylic acids is 3. The molecule has 1 rings (SSSR count). The summed E-state index contributed by atoms with van der Waals surface area (Å²) in [6.07, 6.45) is 2.11. The van der Waals surface area contributed by atoms with Crippen LogP contribution in [0.2, 0.25) is 0 Å². The molecule has 0 aliphatic heterocycles. The largest absolute Gasteiger partial charge is 0.461 e. The first-order chi connectivity index (χ1) is 14.2. The standard InChI is InChI=1S/C23H34N2O5/c1-6-10-18(22(27)25-29)19(13-15(2)3)21(26)24-20(23(28)30-16(4)5)14-17-11-8-7-9-12-17/h6-9,11-12,15-16,18-20,29H,1,10,13-14H2,2-5H3,(H,24,26)(H,25,27)/t18-,19+,20?/m0/s1.